The first-order valence-electron chi connectivity index (χ1n) is 11.6. The number of aromatic nitrogens is 1. The Morgan fingerprint density at radius 3 is 2.68 bits per heavy atom. The predicted octanol–water partition coefficient (Wildman–Crippen LogP) is 3.58. The highest BCUT2D eigenvalue weighted by molar-refractivity contribution is 5.99. The third-order valence-corrected chi connectivity index (χ3v) is 7.26. The van der Waals surface area contributed by atoms with Gasteiger partial charge in [0, 0.05) is 68.5 Å². The predicted molar refractivity (Wildman–Crippen MR) is 122 cm³/mol. The lowest BCUT2D eigenvalue weighted by Gasteiger charge is -2.33. The van der Waals surface area contributed by atoms with Crippen LogP contribution in [0.15, 0.2) is 18.2 Å². The van der Waals surface area contributed by atoms with Gasteiger partial charge < -0.3 is 19.5 Å². The zero-order valence-electron chi connectivity index (χ0n) is 19.1. The molecule has 2 aliphatic rings. The van der Waals surface area contributed by atoms with Gasteiger partial charge in [-0.05, 0) is 75.1 Å². The fraction of sp³-hybridized carbons (Fsp3) is 0.600. The number of likely N-dealkylation sites (tertiary alicyclic amines) is 1. The molecule has 0 aliphatic carbocycles. The van der Waals surface area contributed by atoms with Gasteiger partial charge >= 0.3 is 0 Å². The molecule has 2 amide bonds. The summed E-state index contributed by atoms with van der Waals surface area (Å²) in [6.07, 6.45) is 4.51. The summed E-state index contributed by atoms with van der Waals surface area (Å²) in [6.45, 7) is 7.99. The largest absolute Gasteiger partial charge is 0.381 e. The number of fused-ring (bicyclic) bond motifs is 1. The topological polar surface area (TPSA) is 63.6 Å². The van der Waals surface area contributed by atoms with Crippen LogP contribution in [0.4, 0.5) is 0 Å². The van der Waals surface area contributed by atoms with Crippen LogP contribution in [0.2, 0.25) is 0 Å². The molecule has 1 N–H and O–H groups in total. The van der Waals surface area contributed by atoms with Crippen LogP contribution in [-0.4, -0.2) is 54.1 Å². The molecule has 1 aromatic carbocycles. The highest BCUT2D eigenvalue weighted by Gasteiger charge is 2.27. The number of piperidine rings is 1. The number of nitrogens with one attached hydrogen (secondary N) is 1. The molecule has 1 aromatic heterocycles. The molecule has 2 aliphatic heterocycles. The number of amides is 2. The van der Waals surface area contributed by atoms with Gasteiger partial charge in [0.2, 0.25) is 5.91 Å². The number of benzene rings is 1. The number of nitrogens with zero attached hydrogens (tertiary/aromatic N) is 2. The van der Waals surface area contributed by atoms with Crippen LogP contribution in [0, 0.1) is 25.7 Å². The van der Waals surface area contributed by atoms with Crippen molar-refractivity contribution < 1.29 is 14.3 Å². The third kappa shape index (κ3) is 4.79. The van der Waals surface area contributed by atoms with Crippen molar-refractivity contribution >= 4 is 22.7 Å². The smallest absolute Gasteiger partial charge is 0.253 e. The number of ether oxygens (including phenoxy) is 1. The van der Waals surface area contributed by atoms with E-state index in [1.807, 2.05) is 23.1 Å². The molecule has 2 saturated heterocycles. The summed E-state index contributed by atoms with van der Waals surface area (Å²) in [6, 6.07) is 6.02. The monoisotopic (exact) mass is 425 g/mol. The number of carbonyl (C=O) groups is 2. The summed E-state index contributed by atoms with van der Waals surface area (Å²) < 4.78 is 7.56. The molecule has 4 rings (SSSR count). The van der Waals surface area contributed by atoms with Crippen LogP contribution in [0.1, 0.15) is 53.7 Å². The molecule has 1 atom stereocenters. The first-order chi connectivity index (χ1) is 14.9. The van der Waals surface area contributed by atoms with Crippen molar-refractivity contribution in [2.24, 2.45) is 18.9 Å². The summed E-state index contributed by atoms with van der Waals surface area (Å²) >= 11 is 0. The molecule has 6 nitrogen and oxygen atoms in total. The van der Waals surface area contributed by atoms with E-state index >= 15 is 0 Å². The van der Waals surface area contributed by atoms with Gasteiger partial charge in [0.15, 0.2) is 0 Å². The molecule has 0 spiro atoms. The maximum atomic E-state index is 13.2. The number of hydrogen-bond donors (Lipinski definition) is 1. The van der Waals surface area contributed by atoms with Gasteiger partial charge in [0.1, 0.15) is 0 Å². The number of carbonyl (C=O) groups excluding carboxylic acids is 2. The first kappa shape index (κ1) is 21.9. The normalized spacial score (nSPS) is 20.2. The van der Waals surface area contributed by atoms with Gasteiger partial charge in [0.05, 0.1) is 0 Å². The van der Waals surface area contributed by atoms with E-state index in [2.05, 4.69) is 30.8 Å². The summed E-state index contributed by atoms with van der Waals surface area (Å²) in [4.78, 5) is 27.6. The molecule has 1 unspecified atom stereocenters. The molecule has 0 bridgehead atoms. The molecule has 6 heteroatoms. The van der Waals surface area contributed by atoms with Crippen molar-refractivity contribution in [1.29, 1.82) is 0 Å². The summed E-state index contributed by atoms with van der Waals surface area (Å²) in [5.74, 6) is 0.955. The lowest BCUT2D eigenvalue weighted by molar-refractivity contribution is -0.122. The molecule has 0 saturated carbocycles. The number of aryl methyl sites for hydroxylation is 2. The minimum Gasteiger partial charge on any atom is -0.381 e. The van der Waals surface area contributed by atoms with Gasteiger partial charge in [-0.15, -0.1) is 0 Å². The third-order valence-electron chi connectivity index (χ3n) is 7.26. The molecule has 0 radical (unpaired) electrons. The van der Waals surface area contributed by atoms with Crippen LogP contribution < -0.4 is 5.32 Å². The maximum absolute atomic E-state index is 13.2. The second-order valence-corrected chi connectivity index (χ2v) is 9.32. The number of rotatable bonds is 5. The van der Waals surface area contributed by atoms with E-state index in [9.17, 15) is 9.59 Å². The quantitative estimate of drug-likeness (QED) is 0.796. The fourth-order valence-corrected chi connectivity index (χ4v) is 5.03. The van der Waals surface area contributed by atoms with E-state index in [0.717, 1.165) is 68.5 Å². The lowest BCUT2D eigenvalue weighted by atomic mass is 9.93. The molecular formula is C25H35N3O3. The second kappa shape index (κ2) is 9.43. The molecule has 2 aromatic rings. The summed E-state index contributed by atoms with van der Waals surface area (Å²) in [5.41, 5.74) is 4.35. The van der Waals surface area contributed by atoms with Crippen molar-refractivity contribution in [2.75, 3.05) is 32.8 Å². The van der Waals surface area contributed by atoms with E-state index in [0.29, 0.717) is 18.9 Å². The highest BCUT2D eigenvalue weighted by atomic mass is 16.5. The van der Waals surface area contributed by atoms with Crippen LogP contribution >= 0.6 is 0 Å². The van der Waals surface area contributed by atoms with Crippen LogP contribution in [0.5, 0.6) is 0 Å². The Balaban J connectivity index is 1.35. The Morgan fingerprint density at radius 2 is 1.90 bits per heavy atom. The van der Waals surface area contributed by atoms with Gasteiger partial charge in [-0.2, -0.15) is 0 Å². The minimum atomic E-state index is 0.0788. The molecular weight excluding hydrogens is 390 g/mol. The lowest BCUT2D eigenvalue weighted by Crippen LogP contribution is -2.42. The Hall–Kier alpha value is -2.34. The zero-order chi connectivity index (χ0) is 22.0. The molecule has 168 valence electrons. The maximum Gasteiger partial charge on any atom is 0.253 e. The van der Waals surface area contributed by atoms with E-state index < -0.39 is 0 Å². The Labute approximate surface area is 184 Å². The van der Waals surface area contributed by atoms with E-state index in [-0.39, 0.29) is 17.7 Å². The van der Waals surface area contributed by atoms with Crippen molar-refractivity contribution in [3.8, 4) is 0 Å². The molecule has 3 heterocycles. The van der Waals surface area contributed by atoms with Crippen LogP contribution in [-0.2, 0) is 16.6 Å². The van der Waals surface area contributed by atoms with E-state index in [4.69, 9.17) is 4.74 Å². The van der Waals surface area contributed by atoms with Crippen molar-refractivity contribution in [1.82, 2.24) is 14.8 Å². The standard InChI is InChI=1S/C25H35N3O3/c1-17-18(2)27(3)23-7-6-21(14-22(17)23)25(30)28-10-4-5-20(16-28)13-24(29)26-15-19-8-11-31-12-9-19/h6-7,14,19-20H,4-5,8-13,15-16H2,1-3H3,(H,26,29). The Morgan fingerprint density at radius 1 is 1.13 bits per heavy atom. The minimum absolute atomic E-state index is 0.0788. The Kier molecular flexibility index (Phi) is 6.65. The van der Waals surface area contributed by atoms with Gasteiger partial charge in [0.25, 0.3) is 5.91 Å². The van der Waals surface area contributed by atoms with Crippen molar-refractivity contribution in [3.63, 3.8) is 0 Å². The number of hydrogen-bond acceptors (Lipinski definition) is 3. The van der Waals surface area contributed by atoms with Gasteiger partial charge in [-0.25, -0.2) is 0 Å². The molecule has 2 fully saturated rings. The summed E-state index contributed by atoms with van der Waals surface area (Å²) in [5, 5.41) is 4.25. The van der Waals surface area contributed by atoms with Crippen molar-refractivity contribution in [3.05, 3.63) is 35.0 Å². The van der Waals surface area contributed by atoms with Gasteiger partial charge in [-0.3, -0.25) is 9.59 Å². The summed E-state index contributed by atoms with van der Waals surface area (Å²) in [7, 11) is 2.06. The average molecular weight is 426 g/mol. The van der Waals surface area contributed by atoms with Crippen molar-refractivity contribution in [2.45, 2.75) is 46.0 Å². The zero-order valence-corrected chi connectivity index (χ0v) is 19.1. The highest BCUT2D eigenvalue weighted by Crippen LogP contribution is 2.27. The van der Waals surface area contributed by atoms with Crippen LogP contribution in [0.25, 0.3) is 10.9 Å². The SMILES string of the molecule is Cc1c(C)n(C)c2ccc(C(=O)N3CCCC(CC(=O)NCC4CCOCC4)C3)cc12. The van der Waals surface area contributed by atoms with E-state index in [1.165, 1.54) is 11.3 Å². The van der Waals surface area contributed by atoms with Crippen LogP contribution in [0.3, 0.4) is 0 Å². The Bertz CT molecular complexity index is 959. The van der Waals surface area contributed by atoms with E-state index in [1.54, 1.807) is 0 Å². The first-order valence-corrected chi connectivity index (χ1v) is 11.6. The second-order valence-electron chi connectivity index (χ2n) is 9.32. The molecule has 31 heavy (non-hydrogen) atoms. The fourth-order valence-electron chi connectivity index (χ4n) is 5.03. The average Bonchev–Trinajstić information content (AvgIpc) is 3.01. The van der Waals surface area contributed by atoms with Gasteiger partial charge in [-0.1, -0.05) is 0 Å².